The van der Waals surface area contributed by atoms with E-state index in [0.29, 0.717) is 11.1 Å². The normalized spacial score (nSPS) is 11.5. The molecule has 1 unspecified atom stereocenters. The molecule has 0 spiro atoms. The number of ketones is 1. The molecule has 7 nitrogen and oxygen atoms in total. The van der Waals surface area contributed by atoms with Crippen LogP contribution in [-0.2, 0) is 6.42 Å². The minimum Gasteiger partial charge on any atom is -0.508 e. The van der Waals surface area contributed by atoms with Crippen LogP contribution in [0, 0.1) is 0 Å². The van der Waals surface area contributed by atoms with Crippen LogP contribution in [0.25, 0.3) is 0 Å². The molecular weight excluding hydrogens is 384 g/mol. The van der Waals surface area contributed by atoms with Crippen molar-refractivity contribution in [1.82, 2.24) is 5.32 Å². The van der Waals surface area contributed by atoms with Gasteiger partial charge in [-0.1, -0.05) is 30.3 Å². The average Bonchev–Trinajstić information content (AvgIpc) is 2.74. The Balaban J connectivity index is 1.97. The van der Waals surface area contributed by atoms with Crippen LogP contribution in [0.4, 0.5) is 5.69 Å². The molecule has 5 N–H and O–H groups in total. The lowest BCUT2D eigenvalue weighted by atomic mass is 9.93. The molecular formula is C23H20N2O5. The zero-order valence-electron chi connectivity index (χ0n) is 15.9. The van der Waals surface area contributed by atoms with Crippen LogP contribution in [0.2, 0.25) is 0 Å². The van der Waals surface area contributed by atoms with Crippen molar-refractivity contribution in [1.29, 1.82) is 0 Å². The minimum absolute atomic E-state index is 0.0685. The molecule has 0 fully saturated rings. The number of nitrogens with two attached hydrogens (primary N) is 1. The maximum atomic E-state index is 13.3. The number of aromatic carboxylic acids is 1. The van der Waals surface area contributed by atoms with E-state index in [2.05, 4.69) is 5.32 Å². The van der Waals surface area contributed by atoms with Gasteiger partial charge in [-0.05, 0) is 48.0 Å². The summed E-state index contributed by atoms with van der Waals surface area (Å²) in [5, 5.41) is 21.6. The van der Waals surface area contributed by atoms with Crippen molar-refractivity contribution in [3.05, 3.63) is 95.1 Å². The number of carboxylic acid groups (broad SMARTS) is 1. The third kappa shape index (κ3) is 4.82. The highest BCUT2D eigenvalue weighted by Crippen LogP contribution is 2.19. The molecule has 0 saturated carbocycles. The molecule has 0 aliphatic rings. The SMILES string of the molecule is Nc1ccc(C(=O)O)c(C(=O)C(Cc2ccc(O)cc2)NC(=O)c2ccccc2)c1. The third-order valence-electron chi connectivity index (χ3n) is 4.57. The quantitative estimate of drug-likeness (QED) is 0.354. The first kappa shape index (κ1) is 20.6. The van der Waals surface area contributed by atoms with Crippen LogP contribution >= 0.6 is 0 Å². The third-order valence-corrected chi connectivity index (χ3v) is 4.57. The predicted octanol–water partition coefficient (Wildman–Crippen LogP) is 2.90. The monoisotopic (exact) mass is 404 g/mol. The molecule has 3 aromatic rings. The van der Waals surface area contributed by atoms with Crippen molar-refractivity contribution in [3.63, 3.8) is 0 Å². The molecule has 0 aliphatic carbocycles. The van der Waals surface area contributed by atoms with E-state index in [0.717, 1.165) is 0 Å². The second-order valence-corrected chi connectivity index (χ2v) is 6.74. The Hall–Kier alpha value is -4.13. The van der Waals surface area contributed by atoms with Gasteiger partial charge in [0.05, 0.1) is 11.6 Å². The predicted molar refractivity (Wildman–Crippen MR) is 112 cm³/mol. The molecule has 0 heterocycles. The molecule has 7 heteroatoms. The van der Waals surface area contributed by atoms with E-state index in [1.165, 1.54) is 30.3 Å². The highest BCUT2D eigenvalue weighted by Gasteiger charge is 2.27. The lowest BCUT2D eigenvalue weighted by Gasteiger charge is -2.19. The van der Waals surface area contributed by atoms with Gasteiger partial charge in [0, 0.05) is 23.2 Å². The van der Waals surface area contributed by atoms with Gasteiger partial charge >= 0.3 is 5.97 Å². The number of rotatable bonds is 7. The fourth-order valence-corrected chi connectivity index (χ4v) is 3.05. The molecule has 3 rings (SSSR count). The Morgan fingerprint density at radius 2 is 1.57 bits per heavy atom. The first-order valence-electron chi connectivity index (χ1n) is 9.16. The second kappa shape index (κ2) is 8.91. The number of aromatic hydroxyl groups is 1. The van der Waals surface area contributed by atoms with E-state index in [1.54, 1.807) is 42.5 Å². The van der Waals surface area contributed by atoms with Crippen LogP contribution in [0.15, 0.2) is 72.8 Å². The first-order chi connectivity index (χ1) is 14.3. The highest BCUT2D eigenvalue weighted by atomic mass is 16.4. The Morgan fingerprint density at radius 1 is 0.900 bits per heavy atom. The van der Waals surface area contributed by atoms with Gasteiger partial charge in [0.2, 0.25) is 0 Å². The zero-order valence-corrected chi connectivity index (χ0v) is 15.9. The summed E-state index contributed by atoms with van der Waals surface area (Å²) in [6.07, 6.45) is 0.103. The molecule has 0 bridgehead atoms. The second-order valence-electron chi connectivity index (χ2n) is 6.74. The highest BCUT2D eigenvalue weighted by molar-refractivity contribution is 6.10. The molecule has 1 amide bonds. The van der Waals surface area contributed by atoms with Crippen molar-refractivity contribution in [3.8, 4) is 5.75 Å². The Kier molecular flexibility index (Phi) is 6.12. The maximum absolute atomic E-state index is 13.3. The standard InChI is InChI=1S/C23H20N2O5/c24-16-8-11-18(23(29)30)19(13-16)21(27)20(12-14-6-9-17(26)10-7-14)25-22(28)15-4-2-1-3-5-15/h1-11,13,20,26H,12,24H2,(H,25,28)(H,29,30). The molecule has 30 heavy (non-hydrogen) atoms. The van der Waals surface area contributed by atoms with Crippen molar-refractivity contribution < 1.29 is 24.6 Å². The van der Waals surface area contributed by atoms with Gasteiger partial charge in [-0.3, -0.25) is 9.59 Å². The van der Waals surface area contributed by atoms with E-state index in [-0.39, 0.29) is 29.0 Å². The van der Waals surface area contributed by atoms with E-state index in [9.17, 15) is 24.6 Å². The van der Waals surface area contributed by atoms with Crippen LogP contribution in [-0.4, -0.2) is 33.9 Å². The number of nitrogen functional groups attached to an aromatic ring is 1. The number of Topliss-reactive ketones (excluding diaryl/α,β-unsaturated/α-hetero) is 1. The van der Waals surface area contributed by atoms with E-state index in [1.807, 2.05) is 0 Å². The van der Waals surface area contributed by atoms with Gasteiger partial charge in [0.1, 0.15) is 5.75 Å². The fourth-order valence-electron chi connectivity index (χ4n) is 3.05. The summed E-state index contributed by atoms with van der Waals surface area (Å²) in [6.45, 7) is 0. The maximum Gasteiger partial charge on any atom is 0.336 e. The van der Waals surface area contributed by atoms with Crippen molar-refractivity contribution in [2.24, 2.45) is 0 Å². The number of hydrogen-bond donors (Lipinski definition) is 4. The number of hydrogen-bond acceptors (Lipinski definition) is 5. The van der Waals surface area contributed by atoms with Crippen LogP contribution < -0.4 is 11.1 Å². The summed E-state index contributed by atoms with van der Waals surface area (Å²) in [4.78, 5) is 37.5. The first-order valence-corrected chi connectivity index (χ1v) is 9.16. The Labute approximate surface area is 172 Å². The van der Waals surface area contributed by atoms with Gasteiger partial charge in [0.25, 0.3) is 5.91 Å². The largest absolute Gasteiger partial charge is 0.508 e. The van der Waals surface area contributed by atoms with Crippen LogP contribution in [0.3, 0.4) is 0 Å². The topological polar surface area (TPSA) is 130 Å². The molecule has 152 valence electrons. The molecule has 0 radical (unpaired) electrons. The number of carbonyl (C=O) groups excluding carboxylic acids is 2. The number of nitrogens with one attached hydrogen (secondary N) is 1. The van der Waals surface area contributed by atoms with Crippen molar-refractivity contribution >= 4 is 23.3 Å². The number of amides is 1. The molecule has 0 aliphatic heterocycles. The summed E-state index contributed by atoms with van der Waals surface area (Å²) >= 11 is 0. The molecule has 1 atom stereocenters. The van der Waals surface area contributed by atoms with E-state index >= 15 is 0 Å². The summed E-state index contributed by atoms with van der Waals surface area (Å²) < 4.78 is 0. The smallest absolute Gasteiger partial charge is 0.336 e. The summed E-state index contributed by atoms with van der Waals surface area (Å²) in [7, 11) is 0. The Morgan fingerprint density at radius 3 is 2.20 bits per heavy atom. The Bertz CT molecular complexity index is 1080. The van der Waals surface area contributed by atoms with Gasteiger partial charge < -0.3 is 21.3 Å². The van der Waals surface area contributed by atoms with Gasteiger partial charge in [-0.25, -0.2) is 4.79 Å². The van der Waals surface area contributed by atoms with Crippen molar-refractivity contribution in [2.75, 3.05) is 5.73 Å². The number of benzene rings is 3. The lowest BCUT2D eigenvalue weighted by Crippen LogP contribution is -2.43. The number of phenolic OH excluding ortho intramolecular Hbond substituents is 1. The number of carboxylic acids is 1. The van der Waals surface area contributed by atoms with Gasteiger partial charge in [-0.2, -0.15) is 0 Å². The summed E-state index contributed by atoms with van der Waals surface area (Å²) in [6, 6.07) is 17.5. The number of anilines is 1. The molecule has 3 aromatic carbocycles. The fraction of sp³-hybridized carbons (Fsp3) is 0.0870. The molecule has 0 saturated heterocycles. The van der Waals surface area contributed by atoms with Gasteiger partial charge in [0.15, 0.2) is 5.78 Å². The summed E-state index contributed by atoms with van der Waals surface area (Å²) in [5.74, 6) is -2.24. The minimum atomic E-state index is -1.27. The lowest BCUT2D eigenvalue weighted by molar-refractivity contribution is 0.0691. The van der Waals surface area contributed by atoms with E-state index in [4.69, 9.17) is 5.73 Å². The van der Waals surface area contributed by atoms with E-state index < -0.39 is 23.7 Å². The number of carbonyl (C=O) groups is 3. The summed E-state index contributed by atoms with van der Waals surface area (Å²) in [5.41, 5.74) is 6.77. The van der Waals surface area contributed by atoms with Crippen LogP contribution in [0.5, 0.6) is 5.75 Å². The van der Waals surface area contributed by atoms with Gasteiger partial charge in [-0.15, -0.1) is 0 Å². The van der Waals surface area contributed by atoms with Crippen molar-refractivity contribution in [2.45, 2.75) is 12.5 Å². The zero-order chi connectivity index (χ0) is 21.7. The van der Waals surface area contributed by atoms with Crippen LogP contribution in [0.1, 0.15) is 36.6 Å². The number of phenols is 1. The molecule has 0 aromatic heterocycles. The average molecular weight is 404 g/mol.